The summed E-state index contributed by atoms with van der Waals surface area (Å²) in [4.78, 5) is 24.8. The number of hydrogen-bond acceptors (Lipinski definition) is 4. The Hall–Kier alpha value is -2.02. The molecule has 0 bridgehead atoms. The molecule has 1 N–H and O–H groups in total. The predicted octanol–water partition coefficient (Wildman–Crippen LogP) is 2.78. The van der Waals surface area contributed by atoms with Gasteiger partial charge in [0.15, 0.2) is 0 Å². The van der Waals surface area contributed by atoms with E-state index in [-0.39, 0.29) is 11.5 Å². The zero-order valence-corrected chi connectivity index (χ0v) is 13.8. The van der Waals surface area contributed by atoms with Gasteiger partial charge in [0.05, 0.1) is 12.0 Å². The molecule has 0 aliphatic carbocycles. The van der Waals surface area contributed by atoms with Crippen molar-refractivity contribution in [3.63, 3.8) is 0 Å². The van der Waals surface area contributed by atoms with Crippen molar-refractivity contribution in [3.05, 3.63) is 35.9 Å². The number of alkyl halides is 2. The molecule has 0 spiro atoms. The second kappa shape index (κ2) is 6.84. The number of cyclic esters (lactones) is 1. The summed E-state index contributed by atoms with van der Waals surface area (Å²) >= 11 is 0. The largest absolute Gasteiger partial charge is 0.447 e. The molecule has 0 radical (unpaired) electrons. The van der Waals surface area contributed by atoms with Gasteiger partial charge < -0.3 is 9.84 Å². The van der Waals surface area contributed by atoms with Crippen molar-refractivity contribution in [1.29, 1.82) is 0 Å². The molecule has 0 unspecified atom stereocenters. The van der Waals surface area contributed by atoms with Gasteiger partial charge in [-0.1, -0.05) is 51.1 Å². The fourth-order valence-electron chi connectivity index (χ4n) is 2.73. The number of hydrogen-bond donors (Lipinski definition) is 1. The van der Waals surface area contributed by atoms with Crippen LogP contribution in [0.4, 0.5) is 13.6 Å². The molecule has 2 amide bonds. The summed E-state index contributed by atoms with van der Waals surface area (Å²) in [5, 5.41) is 10.0. The van der Waals surface area contributed by atoms with E-state index in [0.29, 0.717) is 4.90 Å². The highest BCUT2D eigenvalue weighted by molar-refractivity contribution is 5.95. The molecule has 0 saturated carbocycles. The van der Waals surface area contributed by atoms with Crippen LogP contribution in [-0.2, 0) is 15.5 Å². The van der Waals surface area contributed by atoms with E-state index in [0.717, 1.165) is 0 Å². The average Bonchev–Trinajstić information content (AvgIpc) is 2.95. The van der Waals surface area contributed by atoms with Gasteiger partial charge in [0, 0.05) is 5.56 Å². The lowest BCUT2D eigenvalue weighted by Gasteiger charge is -2.31. The van der Waals surface area contributed by atoms with E-state index in [1.54, 1.807) is 19.9 Å². The molecular formula is C17H21F2NO4. The van der Waals surface area contributed by atoms with Crippen molar-refractivity contribution in [2.45, 2.75) is 38.8 Å². The smallest absolute Gasteiger partial charge is 0.417 e. The average molecular weight is 341 g/mol. The van der Waals surface area contributed by atoms with Gasteiger partial charge in [-0.3, -0.25) is 4.79 Å². The maximum absolute atomic E-state index is 14.8. The molecule has 1 saturated heterocycles. The predicted molar refractivity (Wildman–Crippen MR) is 82.3 cm³/mol. The molecule has 1 aromatic rings. The molecule has 2 rings (SSSR count). The van der Waals surface area contributed by atoms with Crippen LogP contribution in [-0.4, -0.2) is 40.8 Å². The molecule has 1 aliphatic heterocycles. The van der Waals surface area contributed by atoms with Gasteiger partial charge in [0.25, 0.3) is 5.92 Å². The summed E-state index contributed by atoms with van der Waals surface area (Å²) in [5.74, 6) is -5.56. The first-order valence-corrected chi connectivity index (χ1v) is 7.79. The van der Waals surface area contributed by atoms with E-state index in [1.807, 2.05) is 0 Å². The highest BCUT2D eigenvalue weighted by Gasteiger charge is 2.54. The van der Waals surface area contributed by atoms with Gasteiger partial charge in [-0.25, -0.2) is 9.69 Å². The van der Waals surface area contributed by atoms with E-state index in [4.69, 9.17) is 4.74 Å². The van der Waals surface area contributed by atoms with Crippen molar-refractivity contribution in [2.24, 2.45) is 11.8 Å². The topological polar surface area (TPSA) is 66.8 Å². The van der Waals surface area contributed by atoms with Crippen LogP contribution < -0.4 is 0 Å². The summed E-state index contributed by atoms with van der Waals surface area (Å²) < 4.78 is 34.3. The third-order valence-electron chi connectivity index (χ3n) is 4.27. The Morgan fingerprint density at radius 3 is 2.42 bits per heavy atom. The molecule has 24 heavy (non-hydrogen) atoms. The molecule has 0 aromatic heterocycles. The lowest BCUT2D eigenvalue weighted by atomic mass is 9.92. The Balaban J connectivity index is 2.31. The molecule has 132 valence electrons. The number of aliphatic hydroxyl groups excluding tert-OH is 1. The van der Waals surface area contributed by atoms with E-state index in [2.05, 4.69) is 0 Å². The quantitative estimate of drug-likeness (QED) is 0.894. The third-order valence-corrected chi connectivity index (χ3v) is 4.27. The SMILES string of the molecule is CC(C)[C@@H](O)[C@H](C)C(=O)N1C(=O)OC[C@@H]1C(F)(F)c1ccccc1. The molecule has 1 aliphatic rings. The second-order valence-electron chi connectivity index (χ2n) is 6.31. The Bertz CT molecular complexity index is 606. The van der Waals surface area contributed by atoms with Crippen LogP contribution in [0, 0.1) is 11.8 Å². The molecule has 7 heteroatoms. The van der Waals surface area contributed by atoms with Gasteiger partial charge in [-0.05, 0) is 5.92 Å². The first-order valence-electron chi connectivity index (χ1n) is 7.79. The summed E-state index contributed by atoms with van der Waals surface area (Å²) in [6.45, 7) is 4.23. The minimum atomic E-state index is -3.45. The number of rotatable bonds is 5. The van der Waals surface area contributed by atoms with E-state index >= 15 is 0 Å². The van der Waals surface area contributed by atoms with Crippen LogP contribution in [0.5, 0.6) is 0 Å². The fraction of sp³-hybridized carbons (Fsp3) is 0.529. The monoisotopic (exact) mass is 341 g/mol. The number of ether oxygens (including phenoxy) is 1. The molecule has 1 heterocycles. The minimum absolute atomic E-state index is 0.254. The van der Waals surface area contributed by atoms with E-state index < -0.39 is 42.6 Å². The molecule has 1 fully saturated rings. The Morgan fingerprint density at radius 2 is 1.88 bits per heavy atom. The number of carbonyl (C=O) groups excluding carboxylic acids is 2. The summed E-state index contributed by atoms with van der Waals surface area (Å²) in [5.41, 5.74) is -0.303. The van der Waals surface area contributed by atoms with Crippen molar-refractivity contribution < 1.29 is 28.2 Å². The zero-order valence-electron chi connectivity index (χ0n) is 13.8. The van der Waals surface area contributed by atoms with E-state index in [9.17, 15) is 23.5 Å². The zero-order chi connectivity index (χ0) is 18.1. The number of nitrogens with zero attached hydrogens (tertiary/aromatic N) is 1. The Kier molecular flexibility index (Phi) is 5.22. The summed E-state index contributed by atoms with van der Waals surface area (Å²) in [6, 6.07) is 5.24. The number of carbonyl (C=O) groups is 2. The van der Waals surface area contributed by atoms with Crippen molar-refractivity contribution in [1.82, 2.24) is 4.90 Å². The number of halogens is 2. The number of benzene rings is 1. The van der Waals surface area contributed by atoms with Crippen molar-refractivity contribution in [2.75, 3.05) is 6.61 Å². The minimum Gasteiger partial charge on any atom is -0.447 e. The highest BCUT2D eigenvalue weighted by atomic mass is 19.3. The molecule has 3 atom stereocenters. The van der Waals surface area contributed by atoms with Gasteiger partial charge in [0.1, 0.15) is 12.6 Å². The van der Waals surface area contributed by atoms with Crippen LogP contribution in [0.3, 0.4) is 0 Å². The Labute approximate surface area is 139 Å². The number of imide groups is 1. The number of aliphatic hydroxyl groups is 1. The van der Waals surface area contributed by atoms with Crippen LogP contribution in [0.2, 0.25) is 0 Å². The van der Waals surface area contributed by atoms with Gasteiger partial charge in [0.2, 0.25) is 5.91 Å². The maximum Gasteiger partial charge on any atom is 0.417 e. The Morgan fingerprint density at radius 1 is 1.29 bits per heavy atom. The lowest BCUT2D eigenvalue weighted by molar-refractivity contribution is -0.145. The van der Waals surface area contributed by atoms with Crippen molar-refractivity contribution in [3.8, 4) is 0 Å². The first-order chi connectivity index (χ1) is 11.2. The molecule has 1 aromatic carbocycles. The van der Waals surface area contributed by atoms with Gasteiger partial charge in [-0.15, -0.1) is 0 Å². The highest BCUT2D eigenvalue weighted by Crippen LogP contribution is 2.38. The van der Waals surface area contributed by atoms with E-state index in [1.165, 1.54) is 31.2 Å². The lowest BCUT2D eigenvalue weighted by Crippen LogP contribution is -2.51. The van der Waals surface area contributed by atoms with Crippen LogP contribution >= 0.6 is 0 Å². The van der Waals surface area contributed by atoms with Gasteiger partial charge >= 0.3 is 6.09 Å². The number of amides is 2. The maximum atomic E-state index is 14.8. The normalized spacial score (nSPS) is 20.9. The standard InChI is InChI=1S/C17H21F2NO4/c1-10(2)14(21)11(3)15(22)20-13(9-24-16(20)23)17(18,19)12-7-5-4-6-8-12/h4-8,10-11,13-14,21H,9H2,1-3H3/t11-,13+,14+/m0/s1. The first kappa shape index (κ1) is 18.3. The second-order valence-corrected chi connectivity index (χ2v) is 6.31. The van der Waals surface area contributed by atoms with Crippen LogP contribution in [0.25, 0.3) is 0 Å². The molecular weight excluding hydrogens is 320 g/mol. The van der Waals surface area contributed by atoms with Gasteiger partial charge in [-0.2, -0.15) is 8.78 Å². The third kappa shape index (κ3) is 3.26. The summed E-state index contributed by atoms with van der Waals surface area (Å²) in [6.07, 6.45) is -2.15. The fourth-order valence-corrected chi connectivity index (χ4v) is 2.73. The summed E-state index contributed by atoms with van der Waals surface area (Å²) in [7, 11) is 0. The van der Waals surface area contributed by atoms with Crippen LogP contribution in [0.1, 0.15) is 26.3 Å². The van der Waals surface area contributed by atoms with Crippen LogP contribution in [0.15, 0.2) is 30.3 Å². The van der Waals surface area contributed by atoms with Crippen molar-refractivity contribution >= 4 is 12.0 Å². The molecule has 5 nitrogen and oxygen atoms in total.